The maximum absolute atomic E-state index is 2.64. The molecule has 0 N–H and O–H groups in total. The van der Waals surface area contributed by atoms with Crippen molar-refractivity contribution < 1.29 is 0 Å². The highest BCUT2D eigenvalue weighted by Crippen LogP contribution is 2.50. The zero-order chi connectivity index (χ0) is 36.7. The van der Waals surface area contributed by atoms with Crippen molar-refractivity contribution in [2.45, 2.75) is 36.3 Å². The molecular weight excluding hydrogens is 677 g/mol. The average molecular weight is 717 g/mol. The normalized spacial score (nSPS) is 22.5. The first-order valence-corrected chi connectivity index (χ1v) is 20.1. The van der Waals surface area contributed by atoms with Gasteiger partial charge in [0, 0.05) is 39.9 Å². The molecule has 0 bridgehead atoms. The molecule has 5 atom stereocenters. The summed E-state index contributed by atoms with van der Waals surface area (Å²) in [6.45, 7) is 0. The topological polar surface area (TPSA) is 8.17 Å². The Labute approximate surface area is 328 Å². The van der Waals surface area contributed by atoms with Crippen molar-refractivity contribution >= 4 is 39.1 Å². The first-order chi connectivity index (χ1) is 27.8. The van der Waals surface area contributed by atoms with Gasteiger partial charge in [-0.1, -0.05) is 164 Å². The molecule has 0 radical (unpaired) electrons. The number of rotatable bonds is 4. The highest BCUT2D eigenvalue weighted by atomic mass is 15.2. The largest absolute Gasteiger partial charge is 0.357 e. The van der Waals surface area contributed by atoms with Crippen molar-refractivity contribution in [3.63, 3.8) is 0 Å². The molecule has 1 aliphatic heterocycles. The molecule has 0 amide bonds. The fourth-order valence-electron chi connectivity index (χ4n) is 10.5. The van der Waals surface area contributed by atoms with E-state index in [9.17, 15) is 0 Å². The number of nitrogens with zero attached hydrogens (tertiary/aromatic N) is 2. The van der Waals surface area contributed by atoms with Crippen molar-refractivity contribution in [1.29, 1.82) is 0 Å². The molecule has 6 aromatic carbocycles. The molecular formula is C54H40N2. The maximum atomic E-state index is 2.64. The van der Waals surface area contributed by atoms with Gasteiger partial charge in [0.1, 0.15) is 0 Å². The standard InChI is InChI=1S/C54H40N2/c1-2-13-39(14-3-1)55-52-21-11-9-19-46(52)50-32-37(26-31-53(50)55)38-25-30-47-45-18-8-10-20-51(45)56(54(47)33-38)40-27-22-36(23-28-40)48-34-49-41-15-5-4-12-35(41)24-29-44(49)42-16-6-7-17-43(42)48/h1-13,15-34,39,44,46,49,52H,14H2. The van der Waals surface area contributed by atoms with Crippen molar-refractivity contribution in [3.8, 4) is 16.8 Å². The van der Waals surface area contributed by atoms with Crippen LogP contribution in [0.3, 0.4) is 0 Å². The monoisotopic (exact) mass is 716 g/mol. The molecule has 1 aromatic heterocycles. The van der Waals surface area contributed by atoms with Gasteiger partial charge in [-0.2, -0.15) is 0 Å². The Morgan fingerprint density at radius 2 is 1.25 bits per heavy atom. The Balaban J connectivity index is 0.953. The van der Waals surface area contributed by atoms with Crippen LogP contribution >= 0.6 is 0 Å². The predicted octanol–water partition coefficient (Wildman–Crippen LogP) is 13.1. The minimum absolute atomic E-state index is 0.316. The molecule has 5 unspecified atom stereocenters. The van der Waals surface area contributed by atoms with E-state index in [-0.39, 0.29) is 0 Å². The molecule has 0 spiro atoms. The van der Waals surface area contributed by atoms with Gasteiger partial charge in [0.05, 0.1) is 23.1 Å². The van der Waals surface area contributed by atoms with E-state index in [2.05, 4.69) is 210 Å². The van der Waals surface area contributed by atoms with Crippen LogP contribution in [0.15, 0.2) is 194 Å². The van der Waals surface area contributed by atoms with Crippen LogP contribution in [0.2, 0.25) is 0 Å². The second kappa shape index (κ2) is 12.4. The van der Waals surface area contributed by atoms with Crippen LogP contribution in [0.1, 0.15) is 57.6 Å². The van der Waals surface area contributed by atoms with E-state index < -0.39 is 0 Å². The Morgan fingerprint density at radius 1 is 0.500 bits per heavy atom. The van der Waals surface area contributed by atoms with E-state index >= 15 is 0 Å². The summed E-state index contributed by atoms with van der Waals surface area (Å²) in [6.07, 6.45) is 26.5. The Bertz CT molecular complexity index is 2930. The maximum Gasteiger partial charge on any atom is 0.0586 e. The van der Waals surface area contributed by atoms with E-state index in [4.69, 9.17) is 0 Å². The quantitative estimate of drug-likeness (QED) is 0.176. The van der Waals surface area contributed by atoms with Gasteiger partial charge in [0.2, 0.25) is 0 Å². The number of fused-ring (bicyclic) bond motifs is 11. The predicted molar refractivity (Wildman–Crippen MR) is 235 cm³/mol. The van der Waals surface area contributed by atoms with Crippen LogP contribution < -0.4 is 4.90 Å². The average Bonchev–Trinajstić information content (AvgIpc) is 3.78. The van der Waals surface area contributed by atoms with Gasteiger partial charge >= 0.3 is 0 Å². The summed E-state index contributed by atoms with van der Waals surface area (Å²) in [5, 5.41) is 2.55. The first-order valence-electron chi connectivity index (χ1n) is 20.1. The van der Waals surface area contributed by atoms with Crippen molar-refractivity contribution in [2.24, 2.45) is 0 Å². The minimum Gasteiger partial charge on any atom is -0.357 e. The number of allylic oxidation sites excluding steroid dienone is 6. The number of aromatic nitrogens is 1. The molecule has 2 heteroatoms. The van der Waals surface area contributed by atoms with E-state index in [1.54, 1.807) is 0 Å². The number of hydrogen-bond donors (Lipinski definition) is 0. The lowest BCUT2D eigenvalue weighted by atomic mass is 9.69. The van der Waals surface area contributed by atoms with Crippen molar-refractivity contribution in [1.82, 2.24) is 4.57 Å². The lowest BCUT2D eigenvalue weighted by Gasteiger charge is -2.35. The fraction of sp³-hybridized carbons (Fsp3) is 0.111. The Kier molecular flexibility index (Phi) is 7.04. The van der Waals surface area contributed by atoms with Crippen molar-refractivity contribution in [3.05, 3.63) is 228 Å². The van der Waals surface area contributed by atoms with Gasteiger partial charge in [-0.15, -0.1) is 0 Å². The zero-order valence-electron chi connectivity index (χ0n) is 31.0. The van der Waals surface area contributed by atoms with E-state index in [1.807, 2.05) is 0 Å². The van der Waals surface area contributed by atoms with Crippen LogP contribution in [0.5, 0.6) is 0 Å². The Morgan fingerprint density at radius 3 is 2.16 bits per heavy atom. The molecule has 56 heavy (non-hydrogen) atoms. The smallest absolute Gasteiger partial charge is 0.0586 e. The third-order valence-corrected chi connectivity index (χ3v) is 13.0. The first kappa shape index (κ1) is 31.7. The molecule has 12 rings (SSSR count). The van der Waals surface area contributed by atoms with Crippen LogP contribution in [-0.4, -0.2) is 16.7 Å². The molecule has 7 aromatic rings. The molecule has 4 aliphatic carbocycles. The third kappa shape index (κ3) is 4.75. The third-order valence-electron chi connectivity index (χ3n) is 13.0. The van der Waals surface area contributed by atoms with Crippen LogP contribution in [0.25, 0.3) is 50.3 Å². The molecule has 2 nitrogen and oxygen atoms in total. The summed E-state index contributed by atoms with van der Waals surface area (Å²) < 4.78 is 2.46. The minimum atomic E-state index is 0.316. The lowest BCUT2D eigenvalue weighted by molar-refractivity contribution is 0.614. The molecule has 266 valence electrons. The van der Waals surface area contributed by atoms with Crippen molar-refractivity contribution in [2.75, 3.05) is 4.90 Å². The van der Waals surface area contributed by atoms with Crippen LogP contribution in [0.4, 0.5) is 5.69 Å². The molecule has 0 saturated carbocycles. The summed E-state index contributed by atoms with van der Waals surface area (Å²) in [4.78, 5) is 2.64. The van der Waals surface area contributed by atoms with Crippen LogP contribution in [-0.2, 0) is 0 Å². The van der Waals surface area contributed by atoms with E-state index in [0.717, 1.165) is 6.42 Å². The second-order valence-electron chi connectivity index (χ2n) is 15.9. The van der Waals surface area contributed by atoms with Crippen LogP contribution in [0, 0.1) is 0 Å². The van der Waals surface area contributed by atoms with Gasteiger partial charge in [0.15, 0.2) is 0 Å². The van der Waals surface area contributed by atoms with Gasteiger partial charge in [-0.3, -0.25) is 0 Å². The fourth-order valence-corrected chi connectivity index (χ4v) is 10.5. The Hall–Kier alpha value is -6.64. The number of hydrogen-bond acceptors (Lipinski definition) is 1. The van der Waals surface area contributed by atoms with Gasteiger partial charge in [-0.05, 0) is 92.9 Å². The van der Waals surface area contributed by atoms with Gasteiger partial charge in [-0.25, -0.2) is 0 Å². The number of para-hydroxylation sites is 1. The summed E-state index contributed by atoms with van der Waals surface area (Å²) in [5.41, 5.74) is 17.0. The van der Waals surface area contributed by atoms with E-state index in [1.165, 1.54) is 83.3 Å². The van der Waals surface area contributed by atoms with Gasteiger partial charge in [0.25, 0.3) is 0 Å². The molecule has 0 saturated heterocycles. The van der Waals surface area contributed by atoms with E-state index in [0.29, 0.717) is 29.8 Å². The summed E-state index contributed by atoms with van der Waals surface area (Å²) in [7, 11) is 0. The highest BCUT2D eigenvalue weighted by molar-refractivity contribution is 6.10. The summed E-state index contributed by atoms with van der Waals surface area (Å²) >= 11 is 0. The van der Waals surface area contributed by atoms with Gasteiger partial charge < -0.3 is 9.47 Å². The number of benzene rings is 6. The highest BCUT2D eigenvalue weighted by Gasteiger charge is 2.39. The SMILES string of the molecule is C1=CCC(N2c3ccc(-c4ccc5c6ccccc6n(-c6ccc(C7=CC8c9ccccc9C=CC8c8ccccc87)cc6)c5c4)cc3C3C=CC=CC32)C=C1. The summed E-state index contributed by atoms with van der Waals surface area (Å²) in [5.74, 6) is 1.02. The summed E-state index contributed by atoms with van der Waals surface area (Å²) in [6, 6.07) is 51.0. The molecule has 2 heterocycles. The second-order valence-corrected chi connectivity index (χ2v) is 15.9. The zero-order valence-corrected chi connectivity index (χ0v) is 31.0. The number of anilines is 1. The lowest BCUT2D eigenvalue weighted by Crippen LogP contribution is -2.40. The molecule has 0 fully saturated rings. The molecule has 5 aliphatic rings.